The number of aromatic nitrogens is 2. The molecule has 0 radical (unpaired) electrons. The first-order chi connectivity index (χ1) is 15.5. The first kappa shape index (κ1) is 25.4. The molecule has 3 rings (SSSR count). The average Bonchev–Trinajstić information content (AvgIpc) is 3.04. The minimum atomic E-state index is -0.364. The second-order valence-corrected chi connectivity index (χ2v) is 11.4. The van der Waals surface area contributed by atoms with E-state index in [1.165, 1.54) is 17.4 Å². The van der Waals surface area contributed by atoms with Crippen molar-refractivity contribution in [1.82, 2.24) is 14.5 Å². The van der Waals surface area contributed by atoms with E-state index in [1.54, 1.807) is 37.6 Å². The number of hydrogen-bond acceptors (Lipinski definition) is 5. The fraction of sp³-hybridized carbons (Fsp3) is 0.542. The normalized spacial score (nSPS) is 15.2. The monoisotopic (exact) mass is 470 g/mol. The van der Waals surface area contributed by atoms with Gasteiger partial charge in [0.2, 0.25) is 0 Å². The van der Waals surface area contributed by atoms with Gasteiger partial charge in [0.15, 0.2) is 0 Å². The number of carbonyl (C=O) groups is 1. The summed E-state index contributed by atoms with van der Waals surface area (Å²) in [4.78, 5) is 31.8. The lowest BCUT2D eigenvalue weighted by Gasteiger charge is -2.39. The third-order valence-corrected chi connectivity index (χ3v) is 7.25. The van der Waals surface area contributed by atoms with Crippen molar-refractivity contribution in [2.75, 3.05) is 18.4 Å². The Morgan fingerprint density at radius 1 is 1.15 bits per heavy atom. The summed E-state index contributed by atoms with van der Waals surface area (Å²) in [6.45, 7) is 9.93. The van der Waals surface area contributed by atoms with Crippen molar-refractivity contribution in [2.24, 2.45) is 7.05 Å². The zero-order chi connectivity index (χ0) is 24.2. The quantitative estimate of drug-likeness (QED) is 0.498. The molecule has 33 heavy (non-hydrogen) atoms. The van der Waals surface area contributed by atoms with Crippen LogP contribution in [0.4, 0.5) is 11.5 Å². The molecule has 0 spiro atoms. The average molecular weight is 470 g/mol. The molecular weight excluding hydrogens is 434 g/mol. The van der Waals surface area contributed by atoms with E-state index >= 15 is 0 Å². The summed E-state index contributed by atoms with van der Waals surface area (Å²) in [6.07, 6.45) is 7.82. The van der Waals surface area contributed by atoms with Gasteiger partial charge in [-0.15, -0.1) is 9.24 Å². The third kappa shape index (κ3) is 6.45. The highest BCUT2D eigenvalue weighted by Gasteiger charge is 2.33. The Labute approximate surface area is 199 Å². The standard InChI is InChI=1S/C24H36BN4O3P/c1-23(2,24(3,4)33)32-25-18-14-19(22(31)28(5)16-18)27-20-11-10-17(15-26-20)21(30)29-12-8-6-7-9-13-29/h10-11,14-16,25H,6-9,12-13,33H2,1-5H3,(H,26,27). The molecule has 1 amide bonds. The molecule has 1 aliphatic rings. The van der Waals surface area contributed by atoms with E-state index in [0.29, 0.717) is 24.6 Å². The number of rotatable bonds is 7. The first-order valence-corrected chi connectivity index (χ1v) is 12.2. The lowest BCUT2D eigenvalue weighted by molar-refractivity contribution is 0.0761. The number of pyridine rings is 2. The van der Waals surface area contributed by atoms with Crippen molar-refractivity contribution < 1.29 is 9.45 Å². The molecule has 1 saturated heterocycles. The first-order valence-electron chi connectivity index (χ1n) is 11.6. The van der Waals surface area contributed by atoms with E-state index in [4.69, 9.17) is 4.65 Å². The predicted octanol–water partition coefficient (Wildman–Crippen LogP) is 2.97. The molecule has 1 aliphatic heterocycles. The topological polar surface area (TPSA) is 76.5 Å². The van der Waals surface area contributed by atoms with Crippen LogP contribution in [0.2, 0.25) is 0 Å². The Hall–Kier alpha value is -2.18. The number of carbonyl (C=O) groups excluding carboxylic acids is 1. The maximum Gasteiger partial charge on any atom is 0.310 e. The third-order valence-electron chi connectivity index (χ3n) is 6.56. The van der Waals surface area contributed by atoms with Crippen molar-refractivity contribution >= 4 is 39.6 Å². The molecule has 1 unspecified atom stereocenters. The highest BCUT2D eigenvalue weighted by atomic mass is 31.0. The minimum Gasteiger partial charge on any atom is -0.429 e. The second-order valence-electron chi connectivity index (χ2n) is 9.96. The molecule has 0 aromatic carbocycles. The molecule has 7 nitrogen and oxygen atoms in total. The van der Waals surface area contributed by atoms with Gasteiger partial charge in [-0.2, -0.15) is 0 Å². The van der Waals surface area contributed by atoms with Gasteiger partial charge in [-0.25, -0.2) is 4.98 Å². The van der Waals surface area contributed by atoms with Gasteiger partial charge in [0.25, 0.3) is 11.5 Å². The number of aryl methyl sites for hydroxylation is 1. The number of nitrogens with zero attached hydrogens (tertiary/aromatic N) is 3. The molecule has 2 aromatic rings. The van der Waals surface area contributed by atoms with Crippen LogP contribution in [0.25, 0.3) is 0 Å². The summed E-state index contributed by atoms with van der Waals surface area (Å²) < 4.78 is 7.71. The van der Waals surface area contributed by atoms with Gasteiger partial charge in [-0.3, -0.25) is 9.59 Å². The van der Waals surface area contributed by atoms with E-state index in [2.05, 4.69) is 47.2 Å². The molecule has 9 heteroatoms. The van der Waals surface area contributed by atoms with Gasteiger partial charge in [-0.05, 0) is 50.4 Å². The summed E-state index contributed by atoms with van der Waals surface area (Å²) in [5.74, 6) is 0.537. The SMILES string of the molecule is Cn1cc(BOC(C)(C)C(C)(C)P)cc(Nc2ccc(C(=O)N3CCCCCC3)cn2)c1=O. The van der Waals surface area contributed by atoms with Crippen LogP contribution in [0.3, 0.4) is 0 Å². The molecule has 0 saturated carbocycles. The maximum absolute atomic E-state index is 12.8. The van der Waals surface area contributed by atoms with Crippen LogP contribution in [0.1, 0.15) is 63.7 Å². The van der Waals surface area contributed by atoms with E-state index in [0.717, 1.165) is 31.4 Å². The van der Waals surface area contributed by atoms with Crippen LogP contribution < -0.4 is 16.3 Å². The summed E-state index contributed by atoms with van der Waals surface area (Å²) >= 11 is 0. The molecule has 2 aromatic heterocycles. The van der Waals surface area contributed by atoms with E-state index in [-0.39, 0.29) is 22.2 Å². The fourth-order valence-electron chi connectivity index (χ4n) is 3.59. The minimum absolute atomic E-state index is 0.0191. The van der Waals surface area contributed by atoms with E-state index in [1.807, 2.05) is 4.90 Å². The van der Waals surface area contributed by atoms with Crippen LogP contribution in [0, 0.1) is 0 Å². The molecule has 178 valence electrons. The van der Waals surface area contributed by atoms with Crippen LogP contribution in [0.5, 0.6) is 0 Å². The van der Waals surface area contributed by atoms with Crippen molar-refractivity contribution in [3.05, 3.63) is 46.5 Å². The van der Waals surface area contributed by atoms with Gasteiger partial charge in [-0.1, -0.05) is 26.7 Å². The van der Waals surface area contributed by atoms with Crippen LogP contribution in [0.15, 0.2) is 35.4 Å². The fourth-order valence-corrected chi connectivity index (χ4v) is 3.67. The molecule has 0 bridgehead atoms. The molecule has 1 fully saturated rings. The Bertz CT molecular complexity index is 1020. The Kier molecular flexibility index (Phi) is 8.02. The van der Waals surface area contributed by atoms with E-state index < -0.39 is 0 Å². The van der Waals surface area contributed by atoms with Crippen molar-refractivity contribution in [1.29, 1.82) is 0 Å². The summed E-state index contributed by atoms with van der Waals surface area (Å²) in [7, 11) is 4.93. The highest BCUT2D eigenvalue weighted by Crippen LogP contribution is 2.33. The summed E-state index contributed by atoms with van der Waals surface area (Å²) in [6, 6.07) is 5.31. The Balaban J connectivity index is 1.72. The summed E-state index contributed by atoms with van der Waals surface area (Å²) in [5.41, 5.74) is 1.35. The van der Waals surface area contributed by atoms with Crippen LogP contribution in [-0.4, -0.2) is 51.7 Å². The number of anilines is 2. The lowest BCUT2D eigenvalue weighted by Crippen LogP contribution is -2.45. The Morgan fingerprint density at radius 2 is 1.82 bits per heavy atom. The lowest BCUT2D eigenvalue weighted by atomic mass is 9.84. The largest absolute Gasteiger partial charge is 0.429 e. The maximum atomic E-state index is 12.8. The van der Waals surface area contributed by atoms with E-state index in [9.17, 15) is 9.59 Å². The number of likely N-dealkylation sites (tertiary alicyclic amines) is 1. The van der Waals surface area contributed by atoms with Crippen LogP contribution in [-0.2, 0) is 11.7 Å². The summed E-state index contributed by atoms with van der Waals surface area (Å²) in [5, 5.41) is 3.00. The Morgan fingerprint density at radius 3 is 2.39 bits per heavy atom. The second kappa shape index (κ2) is 10.4. The highest BCUT2D eigenvalue weighted by molar-refractivity contribution is 7.19. The number of hydrogen-bond donors (Lipinski definition) is 1. The molecule has 1 atom stereocenters. The van der Waals surface area contributed by atoms with Gasteiger partial charge in [0.1, 0.15) is 11.5 Å². The van der Waals surface area contributed by atoms with Crippen molar-refractivity contribution in [3.8, 4) is 0 Å². The van der Waals surface area contributed by atoms with Crippen LogP contribution >= 0.6 is 9.24 Å². The van der Waals surface area contributed by atoms with Gasteiger partial charge in [0.05, 0.1) is 11.2 Å². The number of amides is 1. The zero-order valence-corrected chi connectivity index (χ0v) is 21.6. The predicted molar refractivity (Wildman–Crippen MR) is 139 cm³/mol. The molecule has 1 N–H and O–H groups in total. The molecular formula is C24H36BN4O3P. The van der Waals surface area contributed by atoms with Gasteiger partial charge in [0, 0.05) is 37.7 Å². The zero-order valence-electron chi connectivity index (χ0n) is 20.5. The smallest absolute Gasteiger partial charge is 0.310 e. The van der Waals surface area contributed by atoms with Crippen molar-refractivity contribution in [3.63, 3.8) is 0 Å². The van der Waals surface area contributed by atoms with Crippen molar-refractivity contribution in [2.45, 2.75) is 64.1 Å². The van der Waals surface area contributed by atoms with Gasteiger partial charge < -0.3 is 19.4 Å². The number of nitrogens with one attached hydrogen (secondary N) is 1. The molecule has 0 aliphatic carbocycles. The van der Waals surface area contributed by atoms with Gasteiger partial charge >= 0.3 is 7.48 Å². The molecule has 3 heterocycles.